The molecular formula is C24H26BrNO4S. The molecule has 0 unspecified atom stereocenters. The number of halogens is 1. The lowest BCUT2D eigenvalue weighted by Gasteiger charge is -2.17. The number of ether oxygens (including phenoxy) is 2. The normalized spacial score (nSPS) is 15.3. The fraction of sp³-hybridized carbons (Fsp3) is 0.333. The highest BCUT2D eigenvalue weighted by molar-refractivity contribution is 9.10. The Labute approximate surface area is 195 Å². The Morgan fingerprint density at radius 1 is 1.16 bits per heavy atom. The molecule has 2 aromatic carbocycles. The van der Waals surface area contributed by atoms with Crippen LogP contribution in [0.3, 0.4) is 0 Å². The van der Waals surface area contributed by atoms with Crippen LogP contribution >= 0.6 is 27.7 Å². The molecule has 0 spiro atoms. The van der Waals surface area contributed by atoms with Gasteiger partial charge < -0.3 is 9.47 Å². The van der Waals surface area contributed by atoms with Gasteiger partial charge in [0.05, 0.1) is 22.1 Å². The molecule has 0 radical (unpaired) electrons. The Balaban J connectivity index is 1.74. The van der Waals surface area contributed by atoms with Gasteiger partial charge >= 0.3 is 0 Å². The summed E-state index contributed by atoms with van der Waals surface area (Å²) in [5.41, 5.74) is 1.96. The van der Waals surface area contributed by atoms with Gasteiger partial charge in [0, 0.05) is 6.54 Å². The Hall–Kier alpha value is -2.25. The first-order valence-electron chi connectivity index (χ1n) is 10.3. The first-order chi connectivity index (χ1) is 14.9. The maximum absolute atomic E-state index is 12.8. The second kappa shape index (κ2) is 10.9. The number of amides is 2. The summed E-state index contributed by atoms with van der Waals surface area (Å²) in [6, 6.07) is 13.7. The highest BCUT2D eigenvalue weighted by Gasteiger charge is 2.34. The summed E-state index contributed by atoms with van der Waals surface area (Å²) in [5, 5.41) is -0.229. The minimum Gasteiger partial charge on any atom is -0.490 e. The Morgan fingerprint density at radius 2 is 1.90 bits per heavy atom. The van der Waals surface area contributed by atoms with E-state index in [1.54, 1.807) is 6.08 Å². The zero-order valence-electron chi connectivity index (χ0n) is 17.9. The lowest BCUT2D eigenvalue weighted by atomic mass is 10.1. The van der Waals surface area contributed by atoms with Crippen molar-refractivity contribution in [2.75, 3.05) is 13.2 Å². The van der Waals surface area contributed by atoms with E-state index in [1.807, 2.05) is 63.2 Å². The largest absolute Gasteiger partial charge is 0.490 e. The minimum atomic E-state index is -0.250. The van der Waals surface area contributed by atoms with E-state index in [0.29, 0.717) is 29.6 Å². The zero-order valence-corrected chi connectivity index (χ0v) is 20.3. The molecule has 164 valence electrons. The summed E-state index contributed by atoms with van der Waals surface area (Å²) in [5.74, 6) is 0.974. The average molecular weight is 504 g/mol. The molecule has 0 N–H and O–H groups in total. The van der Waals surface area contributed by atoms with Crippen molar-refractivity contribution < 1.29 is 19.1 Å². The fourth-order valence-corrected chi connectivity index (χ4v) is 4.63. The van der Waals surface area contributed by atoms with E-state index in [-0.39, 0.29) is 17.3 Å². The van der Waals surface area contributed by atoms with Crippen molar-refractivity contribution in [3.05, 3.63) is 63.0 Å². The van der Waals surface area contributed by atoms with Crippen LogP contribution < -0.4 is 9.47 Å². The lowest BCUT2D eigenvalue weighted by Crippen LogP contribution is -2.29. The van der Waals surface area contributed by atoms with Crippen molar-refractivity contribution in [2.45, 2.75) is 39.7 Å². The number of nitrogens with zero attached hydrogens (tertiary/aromatic N) is 1. The van der Waals surface area contributed by atoms with Gasteiger partial charge in [-0.2, -0.15) is 0 Å². The third-order valence-electron chi connectivity index (χ3n) is 4.55. The number of thioether (sulfide) groups is 1. The summed E-state index contributed by atoms with van der Waals surface area (Å²) in [4.78, 5) is 27.0. The highest BCUT2D eigenvalue weighted by atomic mass is 79.9. The molecule has 2 amide bonds. The number of hydrogen-bond acceptors (Lipinski definition) is 5. The number of carbonyl (C=O) groups excluding carboxylic acids is 2. The van der Waals surface area contributed by atoms with E-state index in [9.17, 15) is 9.59 Å². The van der Waals surface area contributed by atoms with Crippen LogP contribution in [-0.4, -0.2) is 35.3 Å². The van der Waals surface area contributed by atoms with E-state index < -0.39 is 0 Å². The zero-order chi connectivity index (χ0) is 22.4. The van der Waals surface area contributed by atoms with Crippen molar-refractivity contribution in [1.29, 1.82) is 0 Å². The van der Waals surface area contributed by atoms with Gasteiger partial charge in [-0.3, -0.25) is 14.5 Å². The van der Waals surface area contributed by atoms with Crippen LogP contribution in [0.4, 0.5) is 4.79 Å². The van der Waals surface area contributed by atoms with Gasteiger partial charge in [-0.15, -0.1) is 0 Å². The number of hydrogen-bond donors (Lipinski definition) is 0. The number of benzene rings is 2. The van der Waals surface area contributed by atoms with Crippen molar-refractivity contribution in [3.63, 3.8) is 0 Å². The van der Waals surface area contributed by atoms with Gasteiger partial charge in [0.1, 0.15) is 0 Å². The van der Waals surface area contributed by atoms with E-state index in [0.717, 1.165) is 34.6 Å². The van der Waals surface area contributed by atoms with E-state index >= 15 is 0 Å². The first-order valence-corrected chi connectivity index (χ1v) is 11.9. The predicted octanol–water partition coefficient (Wildman–Crippen LogP) is 6.30. The van der Waals surface area contributed by atoms with E-state index in [4.69, 9.17) is 9.47 Å². The third-order valence-corrected chi connectivity index (χ3v) is 6.04. The maximum atomic E-state index is 12.8. The number of rotatable bonds is 9. The van der Waals surface area contributed by atoms with Gasteiger partial charge in [0.25, 0.3) is 11.1 Å². The van der Waals surface area contributed by atoms with Crippen molar-refractivity contribution in [3.8, 4) is 11.5 Å². The summed E-state index contributed by atoms with van der Waals surface area (Å²) in [6.07, 6.45) is 3.28. The summed E-state index contributed by atoms with van der Waals surface area (Å²) in [6.45, 7) is 6.70. The van der Waals surface area contributed by atoms with Crippen LogP contribution in [-0.2, 0) is 11.2 Å². The van der Waals surface area contributed by atoms with E-state index in [2.05, 4.69) is 15.9 Å². The summed E-state index contributed by atoms with van der Waals surface area (Å²) < 4.78 is 12.3. The standard InChI is InChI=1S/C24H26BrNO4S/c1-4-29-20-14-18(13-19(25)22(20)30-16(2)3)15-21-23(27)26(24(28)31-21)12-8-11-17-9-6-5-7-10-17/h5-7,9-10,13-16H,4,8,11-12H2,1-3H3/b21-15+. The van der Waals surface area contributed by atoms with Crippen molar-refractivity contribution in [2.24, 2.45) is 0 Å². The monoisotopic (exact) mass is 503 g/mol. The van der Waals surface area contributed by atoms with Crippen LogP contribution in [0.5, 0.6) is 11.5 Å². The number of aryl methyl sites for hydroxylation is 1. The second-order valence-electron chi connectivity index (χ2n) is 7.35. The van der Waals surface area contributed by atoms with Crippen LogP contribution in [0.1, 0.15) is 38.3 Å². The SMILES string of the molecule is CCOc1cc(/C=C2/SC(=O)N(CCCc3ccccc3)C2=O)cc(Br)c1OC(C)C. The lowest BCUT2D eigenvalue weighted by molar-refractivity contribution is -0.122. The molecule has 0 atom stereocenters. The summed E-state index contributed by atoms with van der Waals surface area (Å²) >= 11 is 4.51. The molecule has 0 aromatic heterocycles. The van der Waals surface area contributed by atoms with Gasteiger partial charge in [-0.1, -0.05) is 30.3 Å². The quantitative estimate of drug-likeness (QED) is 0.375. The molecule has 3 rings (SSSR count). The molecule has 5 nitrogen and oxygen atoms in total. The minimum absolute atomic E-state index is 0.00579. The molecule has 0 aliphatic carbocycles. The van der Waals surface area contributed by atoms with Crippen molar-refractivity contribution in [1.82, 2.24) is 4.90 Å². The Morgan fingerprint density at radius 3 is 2.58 bits per heavy atom. The van der Waals surface area contributed by atoms with Gasteiger partial charge in [0.2, 0.25) is 0 Å². The average Bonchev–Trinajstić information content (AvgIpc) is 2.99. The Kier molecular flexibility index (Phi) is 8.21. The van der Waals surface area contributed by atoms with Crippen LogP contribution in [0.2, 0.25) is 0 Å². The van der Waals surface area contributed by atoms with Crippen molar-refractivity contribution >= 4 is 44.9 Å². The Bertz CT molecular complexity index is 975. The predicted molar refractivity (Wildman–Crippen MR) is 129 cm³/mol. The third kappa shape index (κ3) is 6.14. The smallest absolute Gasteiger partial charge is 0.293 e. The number of carbonyl (C=O) groups is 2. The molecule has 0 saturated carbocycles. The topological polar surface area (TPSA) is 55.8 Å². The molecule has 31 heavy (non-hydrogen) atoms. The first kappa shape index (κ1) is 23.4. The molecular weight excluding hydrogens is 478 g/mol. The van der Waals surface area contributed by atoms with Crippen LogP contribution in [0, 0.1) is 0 Å². The highest BCUT2D eigenvalue weighted by Crippen LogP contribution is 2.39. The molecule has 1 fully saturated rings. The molecule has 0 bridgehead atoms. The maximum Gasteiger partial charge on any atom is 0.293 e. The van der Waals surface area contributed by atoms with Crippen LogP contribution in [0.15, 0.2) is 51.8 Å². The van der Waals surface area contributed by atoms with Gasteiger partial charge in [-0.05, 0) is 90.6 Å². The molecule has 7 heteroatoms. The van der Waals surface area contributed by atoms with Crippen LogP contribution in [0.25, 0.3) is 6.08 Å². The number of imide groups is 1. The molecule has 2 aromatic rings. The van der Waals surface area contributed by atoms with Gasteiger partial charge in [-0.25, -0.2) is 0 Å². The molecule has 1 heterocycles. The van der Waals surface area contributed by atoms with E-state index in [1.165, 1.54) is 10.5 Å². The summed E-state index contributed by atoms with van der Waals surface area (Å²) in [7, 11) is 0. The second-order valence-corrected chi connectivity index (χ2v) is 9.20. The molecule has 1 aliphatic rings. The fourth-order valence-electron chi connectivity index (χ4n) is 3.21. The van der Waals surface area contributed by atoms with Gasteiger partial charge in [0.15, 0.2) is 11.5 Å². The molecule has 1 saturated heterocycles. The molecule has 1 aliphatic heterocycles.